The van der Waals surface area contributed by atoms with E-state index in [1.807, 2.05) is 0 Å². The standard InChI is InChI=1S/C6H5ClF2N2O2/c7-4-5(12)10-2-11-6(4)13-1-3(8)9/h2-3H,1H2,(H,10,11,12). The molecular formula is C6H5ClF2N2O2. The zero-order valence-corrected chi connectivity index (χ0v) is 7.02. The van der Waals surface area contributed by atoms with Crippen LogP contribution in [0.2, 0.25) is 5.02 Å². The molecule has 13 heavy (non-hydrogen) atoms. The van der Waals surface area contributed by atoms with Gasteiger partial charge < -0.3 is 9.72 Å². The van der Waals surface area contributed by atoms with Crippen LogP contribution in [0.5, 0.6) is 5.88 Å². The molecule has 1 rings (SSSR count). The van der Waals surface area contributed by atoms with Gasteiger partial charge in [0.2, 0.25) is 5.88 Å². The number of alkyl halides is 2. The van der Waals surface area contributed by atoms with Gasteiger partial charge in [-0.2, -0.15) is 0 Å². The summed E-state index contributed by atoms with van der Waals surface area (Å²) in [4.78, 5) is 16.4. The smallest absolute Gasteiger partial charge is 0.273 e. The van der Waals surface area contributed by atoms with Gasteiger partial charge in [0.15, 0.2) is 11.6 Å². The summed E-state index contributed by atoms with van der Waals surface area (Å²) in [5, 5.41) is -0.330. The quantitative estimate of drug-likeness (QED) is 0.812. The Morgan fingerprint density at radius 1 is 1.69 bits per heavy atom. The van der Waals surface area contributed by atoms with E-state index in [9.17, 15) is 13.6 Å². The average molecular weight is 211 g/mol. The molecular weight excluding hydrogens is 206 g/mol. The van der Waals surface area contributed by atoms with Crippen LogP contribution in [0.3, 0.4) is 0 Å². The zero-order chi connectivity index (χ0) is 9.84. The van der Waals surface area contributed by atoms with E-state index in [-0.39, 0.29) is 10.9 Å². The first-order chi connectivity index (χ1) is 6.11. The van der Waals surface area contributed by atoms with Crippen molar-refractivity contribution in [1.29, 1.82) is 0 Å². The van der Waals surface area contributed by atoms with Gasteiger partial charge >= 0.3 is 0 Å². The SMILES string of the molecule is O=c1[nH]cnc(OCC(F)F)c1Cl. The maximum Gasteiger partial charge on any atom is 0.273 e. The summed E-state index contributed by atoms with van der Waals surface area (Å²) in [7, 11) is 0. The number of ether oxygens (including phenoxy) is 1. The maximum absolute atomic E-state index is 11.7. The van der Waals surface area contributed by atoms with Crippen molar-refractivity contribution in [1.82, 2.24) is 9.97 Å². The van der Waals surface area contributed by atoms with Crippen LogP contribution in [0.4, 0.5) is 8.78 Å². The summed E-state index contributed by atoms with van der Waals surface area (Å²) in [6.07, 6.45) is -1.60. The fourth-order valence-electron chi connectivity index (χ4n) is 0.609. The highest BCUT2D eigenvalue weighted by Crippen LogP contribution is 2.15. The summed E-state index contributed by atoms with van der Waals surface area (Å²) in [6.45, 7) is -0.837. The van der Waals surface area contributed by atoms with Crippen molar-refractivity contribution in [2.45, 2.75) is 6.43 Å². The molecule has 0 radical (unpaired) electrons. The minimum Gasteiger partial charge on any atom is -0.470 e. The van der Waals surface area contributed by atoms with Gasteiger partial charge in [-0.05, 0) is 0 Å². The topological polar surface area (TPSA) is 55.0 Å². The second kappa shape index (κ2) is 4.18. The van der Waals surface area contributed by atoms with Gasteiger partial charge in [0.25, 0.3) is 12.0 Å². The molecule has 0 aliphatic heterocycles. The zero-order valence-electron chi connectivity index (χ0n) is 6.26. The minimum atomic E-state index is -2.63. The lowest BCUT2D eigenvalue weighted by Crippen LogP contribution is -2.13. The van der Waals surface area contributed by atoms with E-state index in [0.717, 1.165) is 6.33 Å². The van der Waals surface area contributed by atoms with Crippen LogP contribution in [0.1, 0.15) is 0 Å². The van der Waals surface area contributed by atoms with Crippen LogP contribution in [0.25, 0.3) is 0 Å². The third-order valence-corrected chi connectivity index (χ3v) is 1.44. The Hall–Kier alpha value is -1.17. The van der Waals surface area contributed by atoms with Crippen LogP contribution < -0.4 is 10.3 Å². The highest BCUT2D eigenvalue weighted by molar-refractivity contribution is 6.31. The highest BCUT2D eigenvalue weighted by Gasteiger charge is 2.09. The van der Waals surface area contributed by atoms with E-state index in [1.165, 1.54) is 0 Å². The number of hydrogen-bond donors (Lipinski definition) is 1. The molecule has 0 aromatic carbocycles. The summed E-state index contributed by atoms with van der Waals surface area (Å²) in [5.74, 6) is -0.286. The van der Waals surface area contributed by atoms with E-state index >= 15 is 0 Å². The third-order valence-electron chi connectivity index (χ3n) is 1.11. The monoisotopic (exact) mass is 210 g/mol. The molecule has 0 spiro atoms. The molecule has 72 valence electrons. The molecule has 1 aromatic heterocycles. The Kier molecular flexibility index (Phi) is 3.18. The molecule has 4 nitrogen and oxygen atoms in total. The third kappa shape index (κ3) is 2.66. The molecule has 0 saturated carbocycles. The molecule has 1 heterocycles. The number of H-pyrrole nitrogens is 1. The lowest BCUT2D eigenvalue weighted by molar-refractivity contribution is 0.0795. The van der Waals surface area contributed by atoms with Crippen molar-refractivity contribution in [3.8, 4) is 5.88 Å². The predicted molar refractivity (Wildman–Crippen MR) is 41.4 cm³/mol. The second-order valence-corrected chi connectivity index (χ2v) is 2.43. The molecule has 0 aliphatic rings. The van der Waals surface area contributed by atoms with E-state index in [0.29, 0.717) is 0 Å². The summed E-state index contributed by atoms with van der Waals surface area (Å²) in [6, 6.07) is 0. The predicted octanol–water partition coefficient (Wildman–Crippen LogP) is 1.07. The Balaban J connectivity index is 2.77. The van der Waals surface area contributed by atoms with Gasteiger partial charge in [-0.25, -0.2) is 13.8 Å². The lowest BCUT2D eigenvalue weighted by Gasteiger charge is -2.03. The van der Waals surface area contributed by atoms with Gasteiger partial charge in [-0.1, -0.05) is 11.6 Å². The molecule has 0 aliphatic carbocycles. The lowest BCUT2D eigenvalue weighted by atomic mass is 10.6. The first-order valence-electron chi connectivity index (χ1n) is 3.25. The van der Waals surface area contributed by atoms with Crippen molar-refractivity contribution in [2.24, 2.45) is 0 Å². The second-order valence-electron chi connectivity index (χ2n) is 2.05. The summed E-state index contributed by atoms with van der Waals surface area (Å²) < 4.78 is 27.8. The van der Waals surface area contributed by atoms with E-state index in [4.69, 9.17) is 11.6 Å². The van der Waals surface area contributed by atoms with Crippen molar-refractivity contribution in [3.63, 3.8) is 0 Å². The first kappa shape index (κ1) is 9.91. The molecule has 1 N–H and O–H groups in total. The van der Waals surface area contributed by atoms with Crippen LogP contribution in [-0.4, -0.2) is 23.0 Å². The number of aromatic nitrogens is 2. The Bertz CT molecular complexity index is 342. The number of hydrogen-bond acceptors (Lipinski definition) is 3. The van der Waals surface area contributed by atoms with Crippen LogP contribution >= 0.6 is 11.6 Å². The fourth-order valence-corrected chi connectivity index (χ4v) is 0.767. The van der Waals surface area contributed by atoms with E-state index < -0.39 is 18.6 Å². The normalized spacial score (nSPS) is 10.5. The fraction of sp³-hybridized carbons (Fsp3) is 0.333. The van der Waals surface area contributed by atoms with Crippen LogP contribution in [0, 0.1) is 0 Å². The number of rotatable bonds is 3. The highest BCUT2D eigenvalue weighted by atomic mass is 35.5. The minimum absolute atomic E-state index is 0.286. The maximum atomic E-state index is 11.7. The summed E-state index contributed by atoms with van der Waals surface area (Å²) in [5.41, 5.74) is -0.624. The average Bonchev–Trinajstić information content (AvgIpc) is 2.07. The van der Waals surface area contributed by atoms with Crippen molar-refractivity contribution < 1.29 is 13.5 Å². The Morgan fingerprint density at radius 3 is 3.00 bits per heavy atom. The van der Waals surface area contributed by atoms with Gasteiger partial charge in [-0.15, -0.1) is 0 Å². The molecule has 0 fully saturated rings. The van der Waals surface area contributed by atoms with Crippen LogP contribution in [-0.2, 0) is 0 Å². The molecule has 0 bridgehead atoms. The van der Waals surface area contributed by atoms with Gasteiger partial charge in [0.05, 0.1) is 6.33 Å². The van der Waals surface area contributed by atoms with Crippen LogP contribution in [0.15, 0.2) is 11.1 Å². The van der Waals surface area contributed by atoms with Crippen molar-refractivity contribution in [2.75, 3.05) is 6.61 Å². The molecule has 1 aromatic rings. The number of aromatic amines is 1. The van der Waals surface area contributed by atoms with E-state index in [2.05, 4.69) is 14.7 Å². The number of nitrogens with one attached hydrogen (secondary N) is 1. The first-order valence-corrected chi connectivity index (χ1v) is 3.63. The largest absolute Gasteiger partial charge is 0.470 e. The molecule has 0 amide bonds. The van der Waals surface area contributed by atoms with Crippen molar-refractivity contribution in [3.05, 3.63) is 21.7 Å². The van der Waals surface area contributed by atoms with Gasteiger partial charge in [0.1, 0.15) is 0 Å². The molecule has 0 saturated heterocycles. The summed E-state index contributed by atoms with van der Waals surface area (Å²) >= 11 is 5.40. The number of nitrogens with zero attached hydrogens (tertiary/aromatic N) is 1. The van der Waals surface area contributed by atoms with Gasteiger partial charge in [-0.3, -0.25) is 4.79 Å². The molecule has 0 unspecified atom stereocenters. The molecule has 0 atom stereocenters. The van der Waals surface area contributed by atoms with Gasteiger partial charge in [0, 0.05) is 0 Å². The Labute approximate surface area is 76.5 Å². The number of halogens is 3. The van der Waals surface area contributed by atoms with Crippen molar-refractivity contribution >= 4 is 11.6 Å². The Morgan fingerprint density at radius 2 is 2.38 bits per heavy atom. The van der Waals surface area contributed by atoms with E-state index in [1.54, 1.807) is 0 Å². The molecule has 7 heteroatoms.